The van der Waals surface area contributed by atoms with Gasteiger partial charge in [0.05, 0.1) is 6.10 Å². The van der Waals surface area contributed by atoms with Crippen LogP contribution < -0.4 is 0 Å². The van der Waals surface area contributed by atoms with Gasteiger partial charge in [-0.15, -0.1) is 0 Å². The van der Waals surface area contributed by atoms with Gasteiger partial charge < -0.3 is 5.11 Å². The second-order valence-corrected chi connectivity index (χ2v) is 4.04. The van der Waals surface area contributed by atoms with Crippen LogP contribution in [0.4, 0.5) is 0 Å². The molecule has 0 aliphatic carbocycles. The molecule has 0 aromatic heterocycles. The fourth-order valence-electron chi connectivity index (χ4n) is 1.97. The van der Waals surface area contributed by atoms with Gasteiger partial charge in [0.2, 0.25) is 0 Å². The molecule has 0 aliphatic heterocycles. The first-order valence-electron chi connectivity index (χ1n) is 6.02. The molecule has 1 heteroatoms. The van der Waals surface area contributed by atoms with Crippen LogP contribution in [0.25, 0.3) is 0 Å². The molecule has 0 bridgehead atoms. The molecule has 0 spiro atoms. The first-order valence-corrected chi connectivity index (χ1v) is 6.02. The van der Waals surface area contributed by atoms with E-state index in [-0.39, 0.29) is 6.10 Å². The summed E-state index contributed by atoms with van der Waals surface area (Å²) in [4.78, 5) is 0. The molecule has 1 rings (SSSR count). The fraction of sp³-hybridized carbons (Fsp3) is 0.571. The summed E-state index contributed by atoms with van der Waals surface area (Å²) in [5.74, 6) is 0. The van der Waals surface area contributed by atoms with Gasteiger partial charge in [-0.2, -0.15) is 0 Å². The van der Waals surface area contributed by atoms with Crippen molar-refractivity contribution < 1.29 is 5.11 Å². The highest BCUT2D eigenvalue weighted by molar-refractivity contribution is 5.33. The second kappa shape index (κ2) is 5.92. The van der Waals surface area contributed by atoms with Gasteiger partial charge in [0, 0.05) is 0 Å². The molecule has 0 fully saturated rings. The van der Waals surface area contributed by atoms with E-state index in [4.69, 9.17) is 0 Å². The van der Waals surface area contributed by atoms with Gasteiger partial charge >= 0.3 is 0 Å². The van der Waals surface area contributed by atoms with Crippen LogP contribution in [0, 0.1) is 0 Å². The van der Waals surface area contributed by atoms with Crippen LogP contribution in [-0.2, 0) is 12.8 Å². The van der Waals surface area contributed by atoms with Crippen LogP contribution in [0.2, 0.25) is 0 Å². The van der Waals surface area contributed by atoms with Gasteiger partial charge in [0.15, 0.2) is 0 Å². The van der Waals surface area contributed by atoms with Gasteiger partial charge in [0.25, 0.3) is 0 Å². The average Bonchev–Trinajstić information content (AvgIpc) is 2.28. The van der Waals surface area contributed by atoms with E-state index in [1.165, 1.54) is 11.1 Å². The van der Waals surface area contributed by atoms with E-state index < -0.39 is 0 Å². The highest BCUT2D eigenvalue weighted by Crippen LogP contribution is 2.22. The van der Waals surface area contributed by atoms with E-state index in [1.54, 1.807) is 0 Å². The minimum atomic E-state index is -0.286. The Labute approximate surface area is 93.1 Å². The maximum Gasteiger partial charge on any atom is 0.0790 e. The van der Waals surface area contributed by atoms with Gasteiger partial charge in [0.1, 0.15) is 0 Å². The van der Waals surface area contributed by atoms with Crippen molar-refractivity contribution in [3.8, 4) is 0 Å². The molecule has 1 nitrogen and oxygen atoms in total. The van der Waals surface area contributed by atoms with Crippen molar-refractivity contribution in [3.05, 3.63) is 34.9 Å². The number of rotatable bonds is 5. The highest BCUT2D eigenvalue weighted by Gasteiger charge is 2.08. The molecular weight excluding hydrogens is 184 g/mol. The zero-order valence-electron chi connectivity index (χ0n) is 10.1. The lowest BCUT2D eigenvalue weighted by Crippen LogP contribution is -2.00. The summed E-state index contributed by atoms with van der Waals surface area (Å²) in [5, 5.41) is 9.90. The molecule has 84 valence electrons. The predicted octanol–water partition coefficient (Wildman–Crippen LogP) is 3.64. The van der Waals surface area contributed by atoms with Crippen LogP contribution in [0.1, 0.15) is 56.4 Å². The third-order valence-corrected chi connectivity index (χ3v) is 2.94. The molecule has 0 radical (unpaired) electrons. The first kappa shape index (κ1) is 12.3. The first-order chi connectivity index (χ1) is 7.22. The Morgan fingerprint density at radius 2 is 1.73 bits per heavy atom. The Kier molecular flexibility index (Phi) is 4.83. The third kappa shape index (κ3) is 3.07. The van der Waals surface area contributed by atoms with Crippen molar-refractivity contribution in [2.24, 2.45) is 0 Å². The van der Waals surface area contributed by atoms with E-state index in [0.29, 0.717) is 0 Å². The number of benzene rings is 1. The molecule has 15 heavy (non-hydrogen) atoms. The molecule has 0 amide bonds. The van der Waals surface area contributed by atoms with Crippen molar-refractivity contribution in [2.75, 3.05) is 0 Å². The normalized spacial score (nSPS) is 12.8. The molecule has 1 aromatic rings. The van der Waals surface area contributed by atoms with Gasteiger partial charge in [-0.25, -0.2) is 0 Å². The minimum Gasteiger partial charge on any atom is -0.388 e. The lowest BCUT2D eigenvalue weighted by atomic mass is 9.96. The lowest BCUT2D eigenvalue weighted by Gasteiger charge is -2.13. The topological polar surface area (TPSA) is 20.2 Å². The Balaban J connectivity index is 2.92. The van der Waals surface area contributed by atoms with E-state index >= 15 is 0 Å². The summed E-state index contributed by atoms with van der Waals surface area (Å²) >= 11 is 0. The number of aliphatic hydroxyl groups excluding tert-OH is 1. The Morgan fingerprint density at radius 1 is 1.07 bits per heavy atom. The maximum atomic E-state index is 9.90. The van der Waals surface area contributed by atoms with E-state index in [1.807, 2.05) is 0 Å². The third-order valence-electron chi connectivity index (χ3n) is 2.94. The zero-order valence-corrected chi connectivity index (χ0v) is 10.1. The average molecular weight is 206 g/mol. The Morgan fingerprint density at radius 3 is 2.27 bits per heavy atom. The van der Waals surface area contributed by atoms with Crippen molar-refractivity contribution in [3.63, 3.8) is 0 Å². The Bertz CT molecular complexity index is 304. The van der Waals surface area contributed by atoms with Crippen molar-refractivity contribution in [2.45, 2.75) is 52.6 Å². The largest absolute Gasteiger partial charge is 0.388 e. The quantitative estimate of drug-likeness (QED) is 0.779. The maximum absolute atomic E-state index is 9.90. The number of hydrogen-bond donors (Lipinski definition) is 1. The highest BCUT2D eigenvalue weighted by atomic mass is 16.3. The summed E-state index contributed by atoms with van der Waals surface area (Å²) < 4.78 is 0. The standard InChI is InChI=1S/C14H22O/c1-4-7-14(15)13-9-8-11(5-2)12(6-3)10-13/h8-10,14-15H,4-7H2,1-3H3. The van der Waals surface area contributed by atoms with Gasteiger partial charge in [-0.1, -0.05) is 45.4 Å². The van der Waals surface area contributed by atoms with Crippen LogP contribution in [-0.4, -0.2) is 5.11 Å². The van der Waals surface area contributed by atoms with Gasteiger partial charge in [-0.3, -0.25) is 0 Å². The summed E-state index contributed by atoms with van der Waals surface area (Å²) in [7, 11) is 0. The number of aryl methyl sites for hydroxylation is 2. The molecule has 0 aliphatic rings. The molecular formula is C14H22O. The predicted molar refractivity (Wildman–Crippen MR) is 65.1 cm³/mol. The number of hydrogen-bond acceptors (Lipinski definition) is 1. The van der Waals surface area contributed by atoms with Crippen LogP contribution in [0.3, 0.4) is 0 Å². The van der Waals surface area contributed by atoms with Crippen LogP contribution in [0.15, 0.2) is 18.2 Å². The van der Waals surface area contributed by atoms with E-state index in [0.717, 1.165) is 31.2 Å². The summed E-state index contributed by atoms with van der Waals surface area (Å²) in [6.45, 7) is 6.45. The van der Waals surface area contributed by atoms with Gasteiger partial charge in [-0.05, 0) is 36.0 Å². The lowest BCUT2D eigenvalue weighted by molar-refractivity contribution is 0.166. The molecule has 1 unspecified atom stereocenters. The Hall–Kier alpha value is -0.820. The smallest absolute Gasteiger partial charge is 0.0790 e. The second-order valence-electron chi connectivity index (χ2n) is 4.04. The van der Waals surface area contributed by atoms with Crippen molar-refractivity contribution in [1.29, 1.82) is 0 Å². The van der Waals surface area contributed by atoms with E-state index in [2.05, 4.69) is 39.0 Å². The monoisotopic (exact) mass is 206 g/mol. The summed E-state index contributed by atoms with van der Waals surface area (Å²) in [6.07, 6.45) is 3.72. The number of aliphatic hydroxyl groups is 1. The summed E-state index contributed by atoms with van der Waals surface area (Å²) in [6, 6.07) is 6.39. The van der Waals surface area contributed by atoms with Crippen LogP contribution in [0.5, 0.6) is 0 Å². The van der Waals surface area contributed by atoms with Crippen LogP contribution >= 0.6 is 0 Å². The van der Waals surface area contributed by atoms with Crippen molar-refractivity contribution >= 4 is 0 Å². The molecule has 0 saturated carbocycles. The molecule has 1 N–H and O–H groups in total. The molecule has 0 heterocycles. The molecule has 1 atom stereocenters. The molecule has 1 aromatic carbocycles. The SMILES string of the molecule is CCCC(O)c1ccc(CC)c(CC)c1. The zero-order chi connectivity index (χ0) is 11.3. The van der Waals surface area contributed by atoms with E-state index in [9.17, 15) is 5.11 Å². The minimum absolute atomic E-state index is 0.286. The van der Waals surface area contributed by atoms with Crippen molar-refractivity contribution in [1.82, 2.24) is 0 Å². The molecule has 0 saturated heterocycles. The summed E-state index contributed by atoms with van der Waals surface area (Å²) in [5.41, 5.74) is 3.86. The fourth-order valence-corrected chi connectivity index (χ4v) is 1.97.